The Bertz CT molecular complexity index is 98.7. The Morgan fingerprint density at radius 1 is 1.67 bits per heavy atom. The molecule has 2 atom stereocenters. The second-order valence-corrected chi connectivity index (χ2v) is 2.75. The summed E-state index contributed by atoms with van der Waals surface area (Å²) in [6.45, 7) is 3.62. The van der Waals surface area contributed by atoms with E-state index < -0.39 is 0 Å². The Morgan fingerprint density at radius 3 is 2.78 bits per heavy atom. The molecule has 51 valence electrons. The maximum Gasteiger partial charge on any atom is 0.0962 e. The van der Waals surface area contributed by atoms with Gasteiger partial charge in [0, 0.05) is 0 Å². The van der Waals surface area contributed by atoms with Crippen molar-refractivity contribution in [3.05, 3.63) is 12.7 Å². The molecular formula is C8H13O. The van der Waals surface area contributed by atoms with E-state index in [2.05, 4.69) is 6.58 Å². The molecular weight excluding hydrogens is 112 g/mol. The van der Waals surface area contributed by atoms with E-state index in [9.17, 15) is 5.11 Å². The Labute approximate surface area is 56.4 Å². The van der Waals surface area contributed by atoms with Crippen molar-refractivity contribution < 1.29 is 5.11 Å². The van der Waals surface area contributed by atoms with Crippen LogP contribution in [0.5, 0.6) is 0 Å². The molecule has 0 aliphatic heterocycles. The molecule has 0 aromatic carbocycles. The molecule has 1 aliphatic rings. The van der Waals surface area contributed by atoms with Crippen molar-refractivity contribution in [2.24, 2.45) is 5.92 Å². The molecule has 0 aromatic rings. The van der Waals surface area contributed by atoms with Gasteiger partial charge in [0.25, 0.3) is 0 Å². The molecule has 0 N–H and O–H groups in total. The fourth-order valence-electron chi connectivity index (χ4n) is 1.05. The van der Waals surface area contributed by atoms with Crippen LogP contribution in [0.15, 0.2) is 12.7 Å². The zero-order chi connectivity index (χ0) is 6.69. The molecule has 0 unspecified atom stereocenters. The van der Waals surface area contributed by atoms with E-state index in [1.807, 2.05) is 6.08 Å². The monoisotopic (exact) mass is 125 g/mol. The quantitative estimate of drug-likeness (QED) is 0.405. The van der Waals surface area contributed by atoms with Gasteiger partial charge in [0.15, 0.2) is 0 Å². The van der Waals surface area contributed by atoms with Crippen LogP contribution >= 0.6 is 0 Å². The summed E-state index contributed by atoms with van der Waals surface area (Å²) in [5.41, 5.74) is 0. The Morgan fingerprint density at radius 2 is 2.33 bits per heavy atom. The number of unbranched alkanes of at least 4 members (excludes halogenated alkanes) is 1. The van der Waals surface area contributed by atoms with Gasteiger partial charge in [-0.25, -0.2) is 5.11 Å². The van der Waals surface area contributed by atoms with E-state index in [1.54, 1.807) is 0 Å². The zero-order valence-electron chi connectivity index (χ0n) is 5.68. The van der Waals surface area contributed by atoms with Gasteiger partial charge < -0.3 is 0 Å². The highest BCUT2D eigenvalue weighted by Gasteiger charge is 2.35. The molecule has 1 nitrogen and oxygen atoms in total. The van der Waals surface area contributed by atoms with Gasteiger partial charge in [-0.05, 0) is 31.6 Å². The largest absolute Gasteiger partial charge is 0.233 e. The standard InChI is InChI=1S/C8H13O/c1-2-3-4-5-7-6-8(7)9/h2,7-8H,1,3-6H2/t7-,8-/m1/s1. The number of rotatable bonds is 4. The third-order valence-electron chi connectivity index (χ3n) is 1.84. The van der Waals surface area contributed by atoms with Crippen molar-refractivity contribution in [2.75, 3.05) is 0 Å². The van der Waals surface area contributed by atoms with Gasteiger partial charge in [0.2, 0.25) is 0 Å². The van der Waals surface area contributed by atoms with Crippen LogP contribution in [0.3, 0.4) is 0 Å². The van der Waals surface area contributed by atoms with Gasteiger partial charge in [-0.2, -0.15) is 0 Å². The van der Waals surface area contributed by atoms with Crippen LogP contribution in [0.2, 0.25) is 0 Å². The maximum atomic E-state index is 10.5. The second kappa shape index (κ2) is 3.02. The smallest absolute Gasteiger partial charge is 0.0962 e. The molecule has 0 saturated heterocycles. The molecule has 0 amide bonds. The molecule has 1 radical (unpaired) electrons. The van der Waals surface area contributed by atoms with Gasteiger partial charge in [-0.15, -0.1) is 6.58 Å². The Hall–Kier alpha value is -0.300. The van der Waals surface area contributed by atoms with E-state index in [-0.39, 0.29) is 6.10 Å². The van der Waals surface area contributed by atoms with E-state index in [4.69, 9.17) is 0 Å². The van der Waals surface area contributed by atoms with Crippen LogP contribution in [0, 0.1) is 5.92 Å². The molecule has 1 heteroatoms. The van der Waals surface area contributed by atoms with Crippen molar-refractivity contribution >= 4 is 0 Å². The van der Waals surface area contributed by atoms with Gasteiger partial charge >= 0.3 is 0 Å². The molecule has 1 rings (SSSR count). The lowest BCUT2D eigenvalue weighted by Crippen LogP contribution is -1.82. The van der Waals surface area contributed by atoms with Gasteiger partial charge in [0.1, 0.15) is 0 Å². The topological polar surface area (TPSA) is 19.9 Å². The average Bonchev–Trinajstić information content (AvgIpc) is 2.48. The summed E-state index contributed by atoms with van der Waals surface area (Å²) in [7, 11) is 0. The maximum absolute atomic E-state index is 10.5. The fourth-order valence-corrected chi connectivity index (χ4v) is 1.05. The molecule has 1 fully saturated rings. The highest BCUT2D eigenvalue weighted by Crippen LogP contribution is 2.35. The lowest BCUT2D eigenvalue weighted by Gasteiger charge is -1.91. The summed E-state index contributed by atoms with van der Waals surface area (Å²) in [5.74, 6) is 0.518. The third kappa shape index (κ3) is 2.19. The van der Waals surface area contributed by atoms with Crippen molar-refractivity contribution in [1.82, 2.24) is 0 Å². The van der Waals surface area contributed by atoms with Crippen LogP contribution in [-0.4, -0.2) is 6.10 Å². The summed E-state index contributed by atoms with van der Waals surface area (Å²) in [6.07, 6.45) is 5.99. The molecule has 1 aliphatic carbocycles. The van der Waals surface area contributed by atoms with Crippen LogP contribution in [0.4, 0.5) is 0 Å². The summed E-state index contributed by atoms with van der Waals surface area (Å²) >= 11 is 0. The molecule has 0 spiro atoms. The fraction of sp³-hybridized carbons (Fsp3) is 0.750. The third-order valence-corrected chi connectivity index (χ3v) is 1.84. The van der Waals surface area contributed by atoms with Crippen LogP contribution in [-0.2, 0) is 5.11 Å². The van der Waals surface area contributed by atoms with E-state index in [0.29, 0.717) is 5.92 Å². The zero-order valence-corrected chi connectivity index (χ0v) is 5.68. The minimum absolute atomic E-state index is 0.213. The summed E-state index contributed by atoms with van der Waals surface area (Å²) in [4.78, 5) is 0. The van der Waals surface area contributed by atoms with Gasteiger partial charge in [-0.1, -0.05) is 6.08 Å². The SMILES string of the molecule is C=CCCC[C@@H]1C[C@H]1[O]. The molecule has 0 aromatic heterocycles. The van der Waals surface area contributed by atoms with Crippen molar-refractivity contribution in [3.8, 4) is 0 Å². The van der Waals surface area contributed by atoms with E-state index in [1.165, 1.54) is 0 Å². The van der Waals surface area contributed by atoms with E-state index >= 15 is 0 Å². The predicted molar refractivity (Wildman–Crippen MR) is 36.6 cm³/mol. The summed E-state index contributed by atoms with van der Waals surface area (Å²) in [6, 6.07) is 0. The highest BCUT2D eigenvalue weighted by atomic mass is 16.3. The normalized spacial score (nSPS) is 32.1. The Balaban J connectivity index is 1.88. The van der Waals surface area contributed by atoms with Crippen molar-refractivity contribution in [1.29, 1.82) is 0 Å². The van der Waals surface area contributed by atoms with Crippen LogP contribution in [0.1, 0.15) is 25.7 Å². The minimum Gasteiger partial charge on any atom is -0.233 e. The van der Waals surface area contributed by atoms with Crippen molar-refractivity contribution in [3.63, 3.8) is 0 Å². The predicted octanol–water partition coefficient (Wildman–Crippen LogP) is 2.16. The van der Waals surface area contributed by atoms with Crippen LogP contribution in [0.25, 0.3) is 0 Å². The summed E-state index contributed by atoms with van der Waals surface area (Å²) in [5, 5.41) is 10.5. The average molecular weight is 125 g/mol. The second-order valence-electron chi connectivity index (χ2n) is 2.75. The molecule has 1 saturated carbocycles. The first-order valence-electron chi connectivity index (χ1n) is 3.61. The first-order chi connectivity index (χ1) is 4.34. The molecule has 9 heavy (non-hydrogen) atoms. The Kier molecular flexibility index (Phi) is 2.29. The number of hydrogen-bond acceptors (Lipinski definition) is 0. The number of allylic oxidation sites excluding steroid dienone is 1. The van der Waals surface area contributed by atoms with Crippen molar-refractivity contribution in [2.45, 2.75) is 31.8 Å². The van der Waals surface area contributed by atoms with E-state index in [0.717, 1.165) is 25.7 Å². The van der Waals surface area contributed by atoms with Gasteiger partial charge in [-0.3, -0.25) is 0 Å². The molecule has 0 heterocycles. The first kappa shape index (κ1) is 6.81. The number of hydrogen-bond donors (Lipinski definition) is 0. The highest BCUT2D eigenvalue weighted by molar-refractivity contribution is 4.85. The minimum atomic E-state index is -0.213. The van der Waals surface area contributed by atoms with Crippen LogP contribution < -0.4 is 0 Å². The molecule has 0 bridgehead atoms. The first-order valence-corrected chi connectivity index (χ1v) is 3.61. The lowest BCUT2D eigenvalue weighted by atomic mass is 10.2. The lowest BCUT2D eigenvalue weighted by molar-refractivity contribution is 0.159. The van der Waals surface area contributed by atoms with Gasteiger partial charge in [0.05, 0.1) is 6.10 Å². The summed E-state index contributed by atoms with van der Waals surface area (Å²) < 4.78 is 0.